The van der Waals surface area contributed by atoms with Crippen LogP contribution in [-0.4, -0.2) is 13.1 Å². The molecule has 1 rings (SSSR count). The summed E-state index contributed by atoms with van der Waals surface area (Å²) in [5.41, 5.74) is 1.67. The minimum Gasteiger partial charge on any atom is -0.431 e. The molecule has 0 aliphatic carbocycles. The van der Waals surface area contributed by atoms with E-state index in [1.807, 2.05) is 0 Å². The summed E-state index contributed by atoms with van der Waals surface area (Å²) >= 11 is 0. The molecular formula is C13H21FOSi. The Morgan fingerprint density at radius 3 is 1.88 bits per heavy atom. The van der Waals surface area contributed by atoms with Crippen LogP contribution >= 0.6 is 0 Å². The summed E-state index contributed by atoms with van der Waals surface area (Å²) in [7, 11) is -2.28. The Bertz CT molecular complexity index is 324. The highest BCUT2D eigenvalue weighted by Gasteiger charge is 2.38. The second-order valence-corrected chi connectivity index (χ2v) is 9.75. The first-order chi connectivity index (χ1) is 7.36. The molecule has 1 nitrogen and oxygen atoms in total. The lowest BCUT2D eigenvalue weighted by molar-refractivity contribution is 0.490. The monoisotopic (exact) mass is 240 g/mol. The Kier molecular flexibility index (Phi) is 4.27. The van der Waals surface area contributed by atoms with Crippen molar-refractivity contribution in [2.45, 2.75) is 44.8 Å². The van der Waals surface area contributed by atoms with Crippen molar-refractivity contribution in [1.29, 1.82) is 0 Å². The highest BCUT2D eigenvalue weighted by atomic mass is 28.4. The third-order valence-corrected chi connectivity index (χ3v) is 8.37. The molecule has 0 atom stereocenters. The number of hydrogen-bond donors (Lipinski definition) is 1. The van der Waals surface area contributed by atoms with Gasteiger partial charge in [-0.1, -0.05) is 39.8 Å². The standard InChI is InChI=1S/C13H21FOSi/c1-10(2)16(15,11(3)4)9-12-5-7-13(14)8-6-12/h5-8,10-11,15H,9H2,1-4H3. The van der Waals surface area contributed by atoms with Crippen LogP contribution in [0.5, 0.6) is 0 Å². The SMILES string of the molecule is CC(C)[Si](O)(Cc1ccc(F)cc1)C(C)C. The summed E-state index contributed by atoms with van der Waals surface area (Å²) in [5, 5.41) is 0. The van der Waals surface area contributed by atoms with E-state index in [0.717, 1.165) is 5.56 Å². The van der Waals surface area contributed by atoms with E-state index < -0.39 is 8.32 Å². The van der Waals surface area contributed by atoms with E-state index in [2.05, 4.69) is 27.7 Å². The van der Waals surface area contributed by atoms with Gasteiger partial charge in [-0.25, -0.2) is 4.39 Å². The lowest BCUT2D eigenvalue weighted by atomic mass is 10.2. The van der Waals surface area contributed by atoms with E-state index >= 15 is 0 Å². The fourth-order valence-corrected chi connectivity index (χ4v) is 5.04. The van der Waals surface area contributed by atoms with E-state index in [-0.39, 0.29) is 5.82 Å². The maximum atomic E-state index is 12.8. The molecule has 1 aromatic rings. The van der Waals surface area contributed by atoms with Crippen molar-refractivity contribution >= 4 is 8.32 Å². The smallest absolute Gasteiger partial charge is 0.197 e. The minimum atomic E-state index is -2.28. The molecule has 0 radical (unpaired) electrons. The average Bonchev–Trinajstić information content (AvgIpc) is 2.20. The third kappa shape index (κ3) is 2.92. The first-order valence-electron chi connectivity index (χ1n) is 5.83. The van der Waals surface area contributed by atoms with Crippen molar-refractivity contribution in [3.05, 3.63) is 35.6 Å². The van der Waals surface area contributed by atoms with Crippen molar-refractivity contribution in [2.24, 2.45) is 0 Å². The van der Waals surface area contributed by atoms with Gasteiger partial charge in [-0.3, -0.25) is 0 Å². The van der Waals surface area contributed by atoms with Crippen molar-refractivity contribution in [1.82, 2.24) is 0 Å². The van der Waals surface area contributed by atoms with E-state index in [0.29, 0.717) is 17.1 Å². The van der Waals surface area contributed by atoms with Crippen LogP contribution in [0.3, 0.4) is 0 Å². The van der Waals surface area contributed by atoms with Crippen molar-refractivity contribution in [3.63, 3.8) is 0 Å². The third-order valence-electron chi connectivity index (χ3n) is 3.40. The summed E-state index contributed by atoms with van der Waals surface area (Å²) < 4.78 is 12.8. The Morgan fingerprint density at radius 2 is 1.50 bits per heavy atom. The van der Waals surface area contributed by atoms with E-state index in [9.17, 15) is 9.19 Å². The number of halogens is 1. The molecule has 0 unspecified atom stereocenters. The van der Waals surface area contributed by atoms with Gasteiger partial charge in [0, 0.05) is 0 Å². The molecule has 3 heteroatoms. The number of benzene rings is 1. The summed E-state index contributed by atoms with van der Waals surface area (Å²) in [4.78, 5) is 10.7. The summed E-state index contributed by atoms with van der Waals surface area (Å²) in [6, 6.07) is 7.19. The maximum Gasteiger partial charge on any atom is 0.197 e. The molecule has 16 heavy (non-hydrogen) atoms. The Labute approximate surface area is 98.5 Å². The first kappa shape index (κ1) is 13.4. The zero-order chi connectivity index (χ0) is 12.3. The molecule has 0 aliphatic rings. The summed E-state index contributed by atoms with van der Waals surface area (Å²) in [5.74, 6) is -0.219. The van der Waals surface area contributed by atoms with Crippen LogP contribution < -0.4 is 0 Å². The van der Waals surface area contributed by atoms with Gasteiger partial charge in [0.25, 0.3) is 0 Å². The quantitative estimate of drug-likeness (QED) is 0.796. The zero-order valence-corrected chi connectivity index (χ0v) is 11.5. The Hall–Kier alpha value is -0.673. The van der Waals surface area contributed by atoms with Crippen LogP contribution in [0.4, 0.5) is 4.39 Å². The molecule has 0 saturated carbocycles. The van der Waals surface area contributed by atoms with Gasteiger partial charge in [-0.2, -0.15) is 0 Å². The lowest BCUT2D eigenvalue weighted by Gasteiger charge is -2.33. The summed E-state index contributed by atoms with van der Waals surface area (Å²) in [6.07, 6.45) is 0. The molecular weight excluding hydrogens is 219 g/mol. The highest BCUT2D eigenvalue weighted by Crippen LogP contribution is 2.32. The Morgan fingerprint density at radius 1 is 1.06 bits per heavy atom. The molecule has 90 valence electrons. The largest absolute Gasteiger partial charge is 0.431 e. The van der Waals surface area contributed by atoms with Gasteiger partial charge in [0.05, 0.1) is 0 Å². The van der Waals surface area contributed by atoms with Crippen molar-refractivity contribution in [2.75, 3.05) is 0 Å². The summed E-state index contributed by atoms with van der Waals surface area (Å²) in [6.45, 7) is 8.32. The second kappa shape index (κ2) is 5.10. The fraction of sp³-hybridized carbons (Fsp3) is 0.538. The predicted molar refractivity (Wildman–Crippen MR) is 68.3 cm³/mol. The topological polar surface area (TPSA) is 20.2 Å². The van der Waals surface area contributed by atoms with Crippen molar-refractivity contribution < 1.29 is 9.19 Å². The molecule has 0 amide bonds. The van der Waals surface area contributed by atoms with Gasteiger partial charge in [-0.15, -0.1) is 0 Å². The normalized spacial score (nSPS) is 12.5. The fourth-order valence-electron chi connectivity index (χ4n) is 2.00. The second-order valence-electron chi connectivity index (χ2n) is 5.10. The van der Waals surface area contributed by atoms with Crippen molar-refractivity contribution in [3.8, 4) is 0 Å². The maximum absolute atomic E-state index is 12.8. The number of hydrogen-bond acceptors (Lipinski definition) is 1. The van der Waals surface area contributed by atoms with Gasteiger partial charge in [0.2, 0.25) is 0 Å². The van der Waals surface area contributed by atoms with Gasteiger partial charge in [0.1, 0.15) is 5.82 Å². The molecule has 0 spiro atoms. The average molecular weight is 240 g/mol. The molecule has 1 N–H and O–H groups in total. The van der Waals surface area contributed by atoms with Crippen LogP contribution in [0.2, 0.25) is 11.1 Å². The minimum absolute atomic E-state index is 0.219. The van der Waals surface area contributed by atoms with Crippen LogP contribution in [0.15, 0.2) is 24.3 Å². The lowest BCUT2D eigenvalue weighted by Crippen LogP contribution is -2.44. The molecule has 0 bridgehead atoms. The molecule has 0 saturated heterocycles. The molecule has 0 aromatic heterocycles. The first-order valence-corrected chi connectivity index (χ1v) is 8.14. The molecule has 1 aromatic carbocycles. The van der Waals surface area contributed by atoms with Crippen LogP contribution in [0, 0.1) is 5.82 Å². The van der Waals surface area contributed by atoms with E-state index in [4.69, 9.17) is 0 Å². The van der Waals surface area contributed by atoms with Gasteiger partial charge >= 0.3 is 0 Å². The van der Waals surface area contributed by atoms with Crippen LogP contribution in [0.1, 0.15) is 33.3 Å². The predicted octanol–water partition coefficient (Wildman–Crippen LogP) is 3.67. The Balaban J connectivity index is 2.88. The van der Waals surface area contributed by atoms with Crippen LogP contribution in [-0.2, 0) is 6.04 Å². The molecule has 0 aliphatic heterocycles. The van der Waals surface area contributed by atoms with E-state index in [1.165, 1.54) is 12.1 Å². The molecule has 0 fully saturated rings. The highest BCUT2D eigenvalue weighted by molar-refractivity contribution is 6.74. The number of rotatable bonds is 4. The zero-order valence-electron chi connectivity index (χ0n) is 10.5. The van der Waals surface area contributed by atoms with E-state index in [1.54, 1.807) is 12.1 Å². The van der Waals surface area contributed by atoms with Crippen LogP contribution in [0.25, 0.3) is 0 Å². The van der Waals surface area contributed by atoms with Gasteiger partial charge in [-0.05, 0) is 34.8 Å². The van der Waals surface area contributed by atoms with Gasteiger partial charge in [0.15, 0.2) is 8.32 Å². The van der Waals surface area contributed by atoms with Gasteiger partial charge < -0.3 is 4.80 Å². The molecule has 0 heterocycles.